The molecule has 2 rings (SSSR count). The highest BCUT2D eigenvalue weighted by atomic mass is 19.4. The van der Waals surface area contributed by atoms with Gasteiger partial charge in [0.25, 0.3) is 0 Å². The van der Waals surface area contributed by atoms with Crippen LogP contribution >= 0.6 is 0 Å². The van der Waals surface area contributed by atoms with Crippen LogP contribution in [0.1, 0.15) is 38.1 Å². The number of pyridine rings is 1. The number of likely N-dealkylation sites (tertiary alicyclic amines) is 1. The van der Waals surface area contributed by atoms with E-state index < -0.39 is 35.1 Å². The van der Waals surface area contributed by atoms with E-state index in [1.807, 2.05) is 0 Å². The number of carboxylic acid groups (broad SMARTS) is 1. The summed E-state index contributed by atoms with van der Waals surface area (Å²) in [6.45, 7) is 3.46. The van der Waals surface area contributed by atoms with Gasteiger partial charge in [-0.15, -0.1) is 0 Å². The van der Waals surface area contributed by atoms with Crippen molar-refractivity contribution in [1.82, 2.24) is 9.88 Å². The maximum atomic E-state index is 12.8. The van der Waals surface area contributed by atoms with Crippen LogP contribution < -0.4 is 0 Å². The minimum absolute atomic E-state index is 0.0137. The van der Waals surface area contributed by atoms with Gasteiger partial charge in [-0.2, -0.15) is 13.2 Å². The molecule has 2 heterocycles. The van der Waals surface area contributed by atoms with Gasteiger partial charge < -0.3 is 10.0 Å². The third-order valence-corrected chi connectivity index (χ3v) is 4.27. The fourth-order valence-corrected chi connectivity index (χ4v) is 2.81. The van der Waals surface area contributed by atoms with Crippen molar-refractivity contribution in [2.75, 3.05) is 13.1 Å². The molecular weight excluding hydrogens is 325 g/mol. The van der Waals surface area contributed by atoms with Crippen LogP contribution in [0.3, 0.4) is 0 Å². The molecule has 1 amide bonds. The van der Waals surface area contributed by atoms with Crippen LogP contribution in [0.5, 0.6) is 0 Å². The molecule has 1 aliphatic heterocycles. The molecule has 0 radical (unpaired) electrons. The molecule has 132 valence electrons. The highest BCUT2D eigenvalue weighted by molar-refractivity contribution is 5.87. The molecule has 5 nitrogen and oxygen atoms in total. The van der Waals surface area contributed by atoms with Crippen LogP contribution in [-0.2, 0) is 21.2 Å². The Morgan fingerprint density at radius 3 is 2.46 bits per heavy atom. The molecule has 1 aromatic heterocycles. The molecule has 1 aliphatic rings. The van der Waals surface area contributed by atoms with Crippen LogP contribution in [0.25, 0.3) is 0 Å². The lowest BCUT2D eigenvalue weighted by atomic mass is 9.85. The first-order valence-corrected chi connectivity index (χ1v) is 7.60. The molecule has 0 spiro atoms. The fourth-order valence-electron chi connectivity index (χ4n) is 2.81. The summed E-state index contributed by atoms with van der Waals surface area (Å²) in [5, 5.41) is 9.11. The first kappa shape index (κ1) is 18.2. The average Bonchev–Trinajstić information content (AvgIpc) is 2.53. The summed E-state index contributed by atoms with van der Waals surface area (Å²) in [7, 11) is 0. The molecule has 0 aromatic carbocycles. The van der Waals surface area contributed by atoms with E-state index in [9.17, 15) is 22.8 Å². The quantitative estimate of drug-likeness (QED) is 0.915. The van der Waals surface area contributed by atoms with E-state index >= 15 is 0 Å². The third-order valence-electron chi connectivity index (χ3n) is 4.27. The number of nitrogens with zero attached hydrogens (tertiary/aromatic N) is 2. The van der Waals surface area contributed by atoms with Gasteiger partial charge in [0, 0.05) is 13.1 Å². The van der Waals surface area contributed by atoms with Gasteiger partial charge in [-0.05, 0) is 38.8 Å². The van der Waals surface area contributed by atoms with Crippen molar-refractivity contribution in [2.45, 2.75) is 38.3 Å². The number of carbonyl (C=O) groups excluding carboxylic acids is 1. The Balaban J connectivity index is 2.26. The van der Waals surface area contributed by atoms with E-state index in [2.05, 4.69) is 4.98 Å². The zero-order valence-electron chi connectivity index (χ0n) is 13.4. The van der Waals surface area contributed by atoms with Crippen molar-refractivity contribution in [3.05, 3.63) is 29.6 Å². The number of rotatable bonds is 3. The van der Waals surface area contributed by atoms with Crippen molar-refractivity contribution in [3.63, 3.8) is 0 Å². The molecule has 1 N–H and O–H groups in total. The number of aliphatic carboxylic acids is 1. The average molecular weight is 344 g/mol. The molecule has 1 saturated heterocycles. The number of aromatic nitrogens is 1. The molecule has 1 aromatic rings. The SMILES string of the molecule is CC(C)(C(=O)N1CCCC(C(=O)O)C1)c1cccc(C(F)(F)F)n1. The van der Waals surface area contributed by atoms with Gasteiger partial charge in [0.2, 0.25) is 5.91 Å². The van der Waals surface area contributed by atoms with Crippen LogP contribution in [0, 0.1) is 5.92 Å². The summed E-state index contributed by atoms with van der Waals surface area (Å²) in [6, 6.07) is 3.45. The Kier molecular flexibility index (Phi) is 4.87. The van der Waals surface area contributed by atoms with Crippen LogP contribution in [0.2, 0.25) is 0 Å². The van der Waals surface area contributed by atoms with Gasteiger partial charge in [0.05, 0.1) is 17.0 Å². The molecule has 1 unspecified atom stereocenters. The lowest BCUT2D eigenvalue weighted by molar-refractivity contribution is -0.147. The maximum absolute atomic E-state index is 12.8. The predicted molar refractivity (Wildman–Crippen MR) is 79.2 cm³/mol. The summed E-state index contributed by atoms with van der Waals surface area (Å²) in [5.41, 5.74) is -2.32. The molecule has 1 fully saturated rings. The Morgan fingerprint density at radius 1 is 1.25 bits per heavy atom. The number of piperidine rings is 1. The Labute approximate surface area is 137 Å². The number of carboxylic acids is 1. The molecule has 0 saturated carbocycles. The minimum atomic E-state index is -4.59. The lowest BCUT2D eigenvalue weighted by Gasteiger charge is -2.36. The number of carbonyl (C=O) groups is 2. The van der Waals surface area contributed by atoms with E-state index in [1.165, 1.54) is 30.9 Å². The van der Waals surface area contributed by atoms with Gasteiger partial charge in [-0.25, -0.2) is 4.98 Å². The van der Waals surface area contributed by atoms with E-state index in [4.69, 9.17) is 5.11 Å². The number of hydrogen-bond acceptors (Lipinski definition) is 3. The summed E-state index contributed by atoms with van der Waals surface area (Å²) >= 11 is 0. The first-order valence-electron chi connectivity index (χ1n) is 7.60. The highest BCUT2D eigenvalue weighted by Crippen LogP contribution is 2.31. The van der Waals surface area contributed by atoms with Crippen molar-refractivity contribution in [1.29, 1.82) is 0 Å². The Hall–Kier alpha value is -2.12. The summed E-state index contributed by atoms with van der Waals surface area (Å²) in [6.07, 6.45) is -3.55. The monoisotopic (exact) mass is 344 g/mol. The van der Waals surface area contributed by atoms with Crippen molar-refractivity contribution in [3.8, 4) is 0 Å². The van der Waals surface area contributed by atoms with Gasteiger partial charge in [-0.1, -0.05) is 6.07 Å². The number of amides is 1. The molecule has 0 aliphatic carbocycles. The van der Waals surface area contributed by atoms with E-state index in [-0.39, 0.29) is 12.2 Å². The Morgan fingerprint density at radius 2 is 1.88 bits per heavy atom. The zero-order valence-corrected chi connectivity index (χ0v) is 13.4. The lowest BCUT2D eigenvalue weighted by Crippen LogP contribution is -2.49. The molecule has 1 atom stereocenters. The summed E-state index contributed by atoms with van der Waals surface area (Å²) in [4.78, 5) is 28.9. The number of hydrogen-bond donors (Lipinski definition) is 1. The molecule has 8 heteroatoms. The second-order valence-electron chi connectivity index (χ2n) is 6.46. The first-order chi connectivity index (χ1) is 11.0. The van der Waals surface area contributed by atoms with E-state index in [1.54, 1.807) is 0 Å². The number of alkyl halides is 3. The van der Waals surface area contributed by atoms with Crippen molar-refractivity contribution < 1.29 is 27.9 Å². The van der Waals surface area contributed by atoms with Crippen molar-refractivity contribution >= 4 is 11.9 Å². The normalized spacial score (nSPS) is 19.2. The van der Waals surface area contributed by atoms with E-state index in [0.29, 0.717) is 19.4 Å². The standard InChI is InChI=1S/C16H19F3N2O3/c1-15(2,11-6-3-7-12(20-11)16(17,18)19)14(24)21-8-4-5-10(9-21)13(22)23/h3,6-7,10H,4-5,8-9H2,1-2H3,(H,22,23). The predicted octanol–water partition coefficient (Wildman–Crippen LogP) is 2.70. The second-order valence-corrected chi connectivity index (χ2v) is 6.46. The summed E-state index contributed by atoms with van der Waals surface area (Å²) < 4.78 is 38.5. The number of halogens is 3. The van der Waals surface area contributed by atoms with Gasteiger partial charge >= 0.3 is 12.1 Å². The largest absolute Gasteiger partial charge is 0.481 e. The molecular formula is C16H19F3N2O3. The van der Waals surface area contributed by atoms with Crippen LogP contribution in [0.4, 0.5) is 13.2 Å². The zero-order chi connectivity index (χ0) is 18.1. The second kappa shape index (κ2) is 6.41. The minimum Gasteiger partial charge on any atom is -0.481 e. The van der Waals surface area contributed by atoms with Crippen LogP contribution in [0.15, 0.2) is 18.2 Å². The highest BCUT2D eigenvalue weighted by Gasteiger charge is 2.40. The topological polar surface area (TPSA) is 70.5 Å². The summed E-state index contributed by atoms with van der Waals surface area (Å²) in [5.74, 6) is -2.03. The molecule has 24 heavy (non-hydrogen) atoms. The van der Waals surface area contributed by atoms with E-state index in [0.717, 1.165) is 6.07 Å². The van der Waals surface area contributed by atoms with Crippen molar-refractivity contribution in [2.24, 2.45) is 5.92 Å². The fraction of sp³-hybridized carbons (Fsp3) is 0.562. The smallest absolute Gasteiger partial charge is 0.433 e. The molecule has 0 bridgehead atoms. The van der Waals surface area contributed by atoms with Gasteiger partial charge in [0.1, 0.15) is 5.69 Å². The van der Waals surface area contributed by atoms with Crippen LogP contribution in [-0.4, -0.2) is 40.0 Å². The van der Waals surface area contributed by atoms with Gasteiger partial charge in [0.15, 0.2) is 0 Å². The third kappa shape index (κ3) is 3.68. The van der Waals surface area contributed by atoms with Gasteiger partial charge in [-0.3, -0.25) is 9.59 Å². The maximum Gasteiger partial charge on any atom is 0.433 e. The Bertz CT molecular complexity index is 644.